The number of likely N-dealkylation sites (N-methyl/N-ethyl adjacent to an activating group) is 1. The van der Waals surface area contributed by atoms with Crippen LogP contribution in [0.3, 0.4) is 0 Å². The van der Waals surface area contributed by atoms with E-state index in [2.05, 4.69) is 41.2 Å². The zero-order valence-electron chi connectivity index (χ0n) is 21.1. The Bertz CT molecular complexity index is 917. The van der Waals surface area contributed by atoms with Gasteiger partial charge in [-0.25, -0.2) is 14.0 Å². The highest BCUT2D eigenvalue weighted by molar-refractivity contribution is 6.30. The number of benzene rings is 1. The Kier molecular flexibility index (Phi) is 8.88. The molecule has 3 amide bonds. The third-order valence-electron chi connectivity index (χ3n) is 7.59. The molecule has 1 aromatic carbocycles. The van der Waals surface area contributed by atoms with Crippen molar-refractivity contribution in [2.45, 2.75) is 63.1 Å². The van der Waals surface area contributed by atoms with E-state index in [1.54, 1.807) is 17.0 Å². The van der Waals surface area contributed by atoms with Crippen LogP contribution < -0.4 is 10.6 Å². The molecule has 196 valence electrons. The maximum absolute atomic E-state index is 15.1. The van der Waals surface area contributed by atoms with Gasteiger partial charge in [0.05, 0.1) is 17.7 Å². The Balaban J connectivity index is 1.74. The Labute approximate surface area is 212 Å². The summed E-state index contributed by atoms with van der Waals surface area (Å²) in [6.45, 7) is 6.23. The van der Waals surface area contributed by atoms with E-state index in [1.807, 2.05) is 0 Å². The van der Waals surface area contributed by atoms with E-state index < -0.39 is 23.4 Å². The number of likely N-dealkylation sites (tertiary alicyclic amines) is 2. The third-order valence-corrected chi connectivity index (χ3v) is 7.88. The van der Waals surface area contributed by atoms with Crippen molar-refractivity contribution in [1.82, 2.24) is 20.4 Å². The predicted octanol–water partition coefficient (Wildman–Crippen LogP) is 3.71. The van der Waals surface area contributed by atoms with Crippen LogP contribution in [0.15, 0.2) is 18.2 Å². The normalized spacial score (nSPS) is 24.0. The first-order valence-corrected chi connectivity index (χ1v) is 12.6. The molecule has 2 saturated heterocycles. The lowest BCUT2D eigenvalue weighted by Crippen LogP contribution is -2.53. The summed E-state index contributed by atoms with van der Waals surface area (Å²) in [5.41, 5.74) is -1.42. The number of ether oxygens (including phenoxy) is 1. The number of amides is 3. The highest BCUT2D eigenvalue weighted by Gasteiger charge is 2.44. The van der Waals surface area contributed by atoms with Crippen LogP contribution in [0.5, 0.6) is 0 Å². The van der Waals surface area contributed by atoms with Crippen LogP contribution in [0, 0.1) is 11.7 Å². The molecule has 0 aliphatic carbocycles. The van der Waals surface area contributed by atoms with Crippen molar-refractivity contribution in [3.63, 3.8) is 0 Å². The van der Waals surface area contributed by atoms with Crippen LogP contribution in [-0.2, 0) is 10.3 Å². The van der Waals surface area contributed by atoms with E-state index in [0.29, 0.717) is 32.4 Å². The molecule has 0 radical (unpaired) electrons. The lowest BCUT2D eigenvalue weighted by atomic mass is 9.74. The molecule has 0 spiro atoms. The van der Waals surface area contributed by atoms with Gasteiger partial charge in [0.1, 0.15) is 5.82 Å². The molecule has 2 fully saturated rings. The van der Waals surface area contributed by atoms with E-state index in [9.17, 15) is 14.7 Å². The van der Waals surface area contributed by atoms with Crippen molar-refractivity contribution in [2.75, 3.05) is 40.3 Å². The fourth-order valence-electron chi connectivity index (χ4n) is 5.33. The molecule has 35 heavy (non-hydrogen) atoms. The van der Waals surface area contributed by atoms with E-state index >= 15 is 4.39 Å². The second kappa shape index (κ2) is 11.3. The van der Waals surface area contributed by atoms with E-state index in [1.165, 1.54) is 13.2 Å². The lowest BCUT2D eigenvalue weighted by molar-refractivity contribution is -0.0576. The van der Waals surface area contributed by atoms with Gasteiger partial charge in [-0.2, -0.15) is 0 Å². The second-order valence-corrected chi connectivity index (χ2v) is 10.8. The smallest absolute Gasteiger partial charge is 0.406 e. The quantitative estimate of drug-likeness (QED) is 0.484. The van der Waals surface area contributed by atoms with E-state index in [4.69, 9.17) is 11.6 Å². The Hall–Kier alpha value is -2.10. The molecule has 0 saturated carbocycles. The van der Waals surface area contributed by atoms with Crippen molar-refractivity contribution in [1.29, 1.82) is 0 Å². The van der Waals surface area contributed by atoms with Gasteiger partial charge in [0.2, 0.25) is 0 Å². The minimum absolute atomic E-state index is 0.0188. The number of carbonyl (C=O) groups is 2. The first-order valence-electron chi connectivity index (χ1n) is 12.2. The first kappa shape index (κ1) is 27.5. The van der Waals surface area contributed by atoms with Crippen molar-refractivity contribution in [2.24, 2.45) is 5.92 Å². The number of nitrogens with one attached hydrogen (secondary N) is 2. The molecule has 8 nitrogen and oxygen atoms in total. The average Bonchev–Trinajstić information content (AvgIpc) is 3.08. The van der Waals surface area contributed by atoms with Gasteiger partial charge in [-0.05, 0) is 59.1 Å². The predicted molar refractivity (Wildman–Crippen MR) is 133 cm³/mol. The number of carbonyl (C=O) groups excluding carboxylic acids is 2. The number of piperidine rings is 1. The molecule has 0 unspecified atom stereocenters. The molecule has 0 bridgehead atoms. The monoisotopic (exact) mass is 512 g/mol. The van der Waals surface area contributed by atoms with Gasteiger partial charge >= 0.3 is 12.1 Å². The summed E-state index contributed by atoms with van der Waals surface area (Å²) in [6.07, 6.45) is 2.20. The molecule has 3 rings (SSSR count). The minimum atomic E-state index is -1.55. The highest BCUT2D eigenvalue weighted by atomic mass is 35.5. The zero-order chi connectivity index (χ0) is 25.8. The van der Waals surface area contributed by atoms with Crippen LogP contribution in [0.4, 0.5) is 14.0 Å². The summed E-state index contributed by atoms with van der Waals surface area (Å²) in [4.78, 5) is 28.5. The number of nitrogens with zero attached hydrogens (tertiary/aromatic N) is 2. The maximum atomic E-state index is 15.1. The van der Waals surface area contributed by atoms with Crippen molar-refractivity contribution in [3.8, 4) is 0 Å². The third kappa shape index (κ3) is 6.37. The summed E-state index contributed by atoms with van der Waals surface area (Å²) in [5, 5.41) is 17.6. The van der Waals surface area contributed by atoms with Gasteiger partial charge in [0, 0.05) is 49.2 Å². The number of rotatable bonds is 7. The molecule has 10 heteroatoms. The average molecular weight is 513 g/mol. The fourth-order valence-corrected chi connectivity index (χ4v) is 5.51. The molecule has 1 aromatic rings. The van der Waals surface area contributed by atoms with E-state index in [0.717, 1.165) is 13.0 Å². The number of methoxy groups -OCH3 is 1. The molecule has 3 atom stereocenters. The maximum Gasteiger partial charge on any atom is 0.406 e. The van der Waals surface area contributed by atoms with Gasteiger partial charge in [-0.1, -0.05) is 23.7 Å². The Morgan fingerprint density at radius 2 is 2.09 bits per heavy atom. The van der Waals surface area contributed by atoms with Crippen LogP contribution in [0.2, 0.25) is 5.02 Å². The Morgan fingerprint density at radius 1 is 1.34 bits per heavy atom. The summed E-state index contributed by atoms with van der Waals surface area (Å²) in [6, 6.07) is 4.50. The van der Waals surface area contributed by atoms with Gasteiger partial charge in [-0.3, -0.25) is 4.90 Å². The standard InChI is InChI=1S/C25H38ClFN4O4/c1-24(2)14-18(16-30(24)3)29-22(32)31-13-6-8-17(15-31)25(34,11-7-12-28-23(33)35-4)19-9-5-10-20(26)21(19)27/h5,9-10,17-18,34H,6-8,11-16H2,1-4H3,(H,28,33)(H,29,32)/t17-,18+,25+/m1/s1. The van der Waals surface area contributed by atoms with Crippen molar-refractivity contribution in [3.05, 3.63) is 34.6 Å². The van der Waals surface area contributed by atoms with Crippen molar-refractivity contribution < 1.29 is 23.8 Å². The molecule has 0 aromatic heterocycles. The molecular formula is C25H38ClFN4O4. The van der Waals surface area contributed by atoms with E-state index in [-0.39, 0.29) is 41.2 Å². The van der Waals surface area contributed by atoms with Gasteiger partial charge in [0.25, 0.3) is 0 Å². The molecule has 3 N–H and O–H groups in total. The van der Waals surface area contributed by atoms with Crippen molar-refractivity contribution >= 4 is 23.7 Å². The first-order chi connectivity index (χ1) is 16.5. The molecule has 2 aliphatic rings. The van der Waals surface area contributed by atoms with Gasteiger partial charge in [-0.15, -0.1) is 0 Å². The minimum Gasteiger partial charge on any atom is -0.453 e. The largest absolute Gasteiger partial charge is 0.453 e. The molecule has 2 aliphatic heterocycles. The number of halogens is 2. The number of urea groups is 1. The number of alkyl carbamates (subject to hydrolysis) is 1. The summed E-state index contributed by atoms with van der Waals surface area (Å²) in [7, 11) is 3.33. The van der Waals surface area contributed by atoms with Gasteiger partial charge in [0.15, 0.2) is 0 Å². The highest BCUT2D eigenvalue weighted by Crippen LogP contribution is 2.41. The van der Waals surface area contributed by atoms with Gasteiger partial charge < -0.3 is 25.4 Å². The fraction of sp³-hybridized carbons (Fsp3) is 0.680. The Morgan fingerprint density at radius 3 is 2.74 bits per heavy atom. The van der Waals surface area contributed by atoms with Crippen LogP contribution in [0.25, 0.3) is 0 Å². The van der Waals surface area contributed by atoms with Crippen LogP contribution in [0.1, 0.15) is 51.5 Å². The molecule has 2 heterocycles. The zero-order valence-corrected chi connectivity index (χ0v) is 21.8. The summed E-state index contributed by atoms with van der Waals surface area (Å²) < 4.78 is 19.7. The number of hydrogen-bond acceptors (Lipinski definition) is 5. The second-order valence-electron chi connectivity index (χ2n) is 10.4. The SMILES string of the molecule is COC(=O)NCCC[C@@](O)(c1cccc(Cl)c1F)[C@@H]1CCCN(C(=O)N[C@@H]2CN(C)C(C)(C)C2)C1. The summed E-state index contributed by atoms with van der Waals surface area (Å²) in [5.74, 6) is -1.05. The van der Waals surface area contributed by atoms with Crippen LogP contribution >= 0.6 is 11.6 Å². The topological polar surface area (TPSA) is 94.1 Å². The number of aliphatic hydroxyl groups is 1. The number of hydrogen-bond donors (Lipinski definition) is 3. The molecular weight excluding hydrogens is 475 g/mol. The summed E-state index contributed by atoms with van der Waals surface area (Å²) >= 11 is 6.05. The van der Waals surface area contributed by atoms with Crippen LogP contribution in [-0.4, -0.2) is 78.9 Å². The lowest BCUT2D eigenvalue weighted by Gasteiger charge is -2.43.